The van der Waals surface area contributed by atoms with E-state index in [1.54, 1.807) is 18.2 Å². The van der Waals surface area contributed by atoms with Gasteiger partial charge in [0.2, 0.25) is 5.91 Å². The summed E-state index contributed by atoms with van der Waals surface area (Å²) >= 11 is 7.35. The van der Waals surface area contributed by atoms with Gasteiger partial charge in [0, 0.05) is 5.56 Å². The first kappa shape index (κ1) is 16.6. The van der Waals surface area contributed by atoms with Gasteiger partial charge >= 0.3 is 0 Å². The van der Waals surface area contributed by atoms with E-state index in [1.807, 2.05) is 37.3 Å². The van der Waals surface area contributed by atoms with Gasteiger partial charge in [0.1, 0.15) is 0 Å². The Labute approximate surface area is 139 Å². The van der Waals surface area contributed by atoms with Crippen molar-refractivity contribution >= 4 is 40.7 Å². The lowest BCUT2D eigenvalue weighted by molar-refractivity contribution is -0.113. The third-order valence-electron chi connectivity index (χ3n) is 3.05. The van der Waals surface area contributed by atoms with Crippen molar-refractivity contribution in [3.8, 4) is 0 Å². The zero-order valence-electron chi connectivity index (χ0n) is 12.1. The standard InChI is InChI=1S/C17H16ClNO2S/c1-12-6-5-9-14(18)17(12)19-16(21)11-22-10-15(20)13-7-3-2-4-8-13/h2-9H,10-11H2,1H3,(H,19,21). The molecule has 0 saturated carbocycles. The van der Waals surface area contributed by atoms with Crippen LogP contribution in [0.25, 0.3) is 0 Å². The van der Waals surface area contributed by atoms with Gasteiger partial charge in [-0.2, -0.15) is 0 Å². The molecule has 0 aliphatic rings. The third kappa shape index (κ3) is 4.61. The van der Waals surface area contributed by atoms with E-state index in [-0.39, 0.29) is 23.2 Å². The summed E-state index contributed by atoms with van der Waals surface area (Å²) in [5.41, 5.74) is 2.20. The zero-order valence-corrected chi connectivity index (χ0v) is 13.7. The monoisotopic (exact) mass is 333 g/mol. The molecule has 22 heavy (non-hydrogen) atoms. The minimum atomic E-state index is -0.165. The summed E-state index contributed by atoms with van der Waals surface area (Å²) in [5.74, 6) is 0.344. The lowest BCUT2D eigenvalue weighted by Crippen LogP contribution is -2.16. The van der Waals surface area contributed by atoms with E-state index in [9.17, 15) is 9.59 Å². The SMILES string of the molecule is Cc1cccc(Cl)c1NC(=O)CSCC(=O)c1ccccc1. The van der Waals surface area contributed by atoms with E-state index < -0.39 is 0 Å². The molecule has 0 aromatic heterocycles. The Bertz CT molecular complexity index is 653. The molecule has 0 heterocycles. The van der Waals surface area contributed by atoms with Crippen LogP contribution in [0.15, 0.2) is 48.5 Å². The van der Waals surface area contributed by atoms with E-state index in [0.717, 1.165) is 5.56 Å². The summed E-state index contributed by atoms with van der Waals surface area (Å²) in [6.45, 7) is 1.88. The number of thioether (sulfide) groups is 1. The van der Waals surface area contributed by atoms with Crippen LogP contribution in [-0.2, 0) is 4.79 Å². The number of carbonyl (C=O) groups excluding carboxylic acids is 2. The number of benzene rings is 2. The molecule has 3 nitrogen and oxygen atoms in total. The average Bonchev–Trinajstić information content (AvgIpc) is 2.52. The number of halogens is 1. The molecule has 1 N–H and O–H groups in total. The summed E-state index contributed by atoms with van der Waals surface area (Å²) in [6, 6.07) is 14.5. The fraction of sp³-hybridized carbons (Fsp3) is 0.176. The number of hydrogen-bond donors (Lipinski definition) is 1. The van der Waals surface area contributed by atoms with Crippen LogP contribution in [0.5, 0.6) is 0 Å². The number of ketones is 1. The molecular formula is C17H16ClNO2S. The second-order valence-electron chi connectivity index (χ2n) is 4.76. The number of anilines is 1. The molecule has 5 heteroatoms. The predicted molar refractivity (Wildman–Crippen MR) is 92.9 cm³/mol. The van der Waals surface area contributed by atoms with Crippen LogP contribution in [0.4, 0.5) is 5.69 Å². The van der Waals surface area contributed by atoms with Crippen LogP contribution >= 0.6 is 23.4 Å². The molecule has 0 radical (unpaired) electrons. The van der Waals surface area contributed by atoms with E-state index in [0.29, 0.717) is 16.3 Å². The highest BCUT2D eigenvalue weighted by atomic mass is 35.5. The summed E-state index contributed by atoms with van der Waals surface area (Å²) in [6.07, 6.45) is 0. The van der Waals surface area contributed by atoms with Crippen molar-refractivity contribution in [2.45, 2.75) is 6.92 Å². The summed E-state index contributed by atoms with van der Waals surface area (Å²) < 4.78 is 0. The van der Waals surface area contributed by atoms with Gasteiger partial charge in [0.25, 0.3) is 0 Å². The van der Waals surface area contributed by atoms with Crippen LogP contribution in [-0.4, -0.2) is 23.2 Å². The molecule has 114 valence electrons. The maximum absolute atomic E-state index is 11.9. The first-order chi connectivity index (χ1) is 10.6. The van der Waals surface area contributed by atoms with E-state index in [4.69, 9.17) is 11.6 Å². The van der Waals surface area contributed by atoms with E-state index >= 15 is 0 Å². The third-order valence-corrected chi connectivity index (χ3v) is 4.30. The quantitative estimate of drug-likeness (QED) is 0.806. The number of nitrogens with one attached hydrogen (secondary N) is 1. The summed E-state index contributed by atoms with van der Waals surface area (Å²) in [5, 5.41) is 3.30. The van der Waals surface area contributed by atoms with Crippen molar-refractivity contribution in [2.24, 2.45) is 0 Å². The van der Waals surface area contributed by atoms with Crippen molar-refractivity contribution in [1.29, 1.82) is 0 Å². The number of amides is 1. The van der Waals surface area contributed by atoms with E-state index in [1.165, 1.54) is 11.8 Å². The smallest absolute Gasteiger partial charge is 0.234 e. The van der Waals surface area contributed by atoms with Crippen LogP contribution < -0.4 is 5.32 Å². The maximum Gasteiger partial charge on any atom is 0.234 e. The lowest BCUT2D eigenvalue weighted by atomic mass is 10.2. The van der Waals surface area contributed by atoms with Gasteiger partial charge in [-0.25, -0.2) is 0 Å². The second-order valence-corrected chi connectivity index (χ2v) is 6.15. The Balaban J connectivity index is 1.82. The molecular weight excluding hydrogens is 318 g/mol. The van der Waals surface area contributed by atoms with Crippen LogP contribution in [0.3, 0.4) is 0 Å². The van der Waals surface area contributed by atoms with Crippen molar-refractivity contribution in [3.05, 3.63) is 64.7 Å². The largest absolute Gasteiger partial charge is 0.324 e. The minimum Gasteiger partial charge on any atom is -0.324 e. The molecule has 0 aliphatic carbocycles. The van der Waals surface area contributed by atoms with Crippen molar-refractivity contribution in [3.63, 3.8) is 0 Å². The molecule has 0 atom stereocenters. The van der Waals surface area contributed by atoms with Crippen LogP contribution in [0.2, 0.25) is 5.02 Å². The predicted octanol–water partition coefficient (Wildman–Crippen LogP) is 4.20. The average molecular weight is 334 g/mol. The van der Waals surface area contributed by atoms with Gasteiger partial charge in [-0.05, 0) is 18.6 Å². The lowest BCUT2D eigenvalue weighted by Gasteiger charge is -2.10. The number of aryl methyl sites for hydroxylation is 1. The Morgan fingerprint density at radius 2 is 1.77 bits per heavy atom. The topological polar surface area (TPSA) is 46.2 Å². The van der Waals surface area contributed by atoms with Gasteiger partial charge in [-0.1, -0.05) is 54.1 Å². The summed E-state index contributed by atoms with van der Waals surface area (Å²) in [4.78, 5) is 23.9. The molecule has 2 aromatic carbocycles. The van der Waals surface area contributed by atoms with Gasteiger partial charge in [-0.3, -0.25) is 9.59 Å². The molecule has 1 amide bonds. The molecule has 2 rings (SSSR count). The Morgan fingerprint density at radius 1 is 1.05 bits per heavy atom. The van der Waals surface area contributed by atoms with Crippen LogP contribution in [0, 0.1) is 6.92 Å². The Kier molecular flexibility index (Phi) is 6.04. The van der Waals surface area contributed by atoms with E-state index in [2.05, 4.69) is 5.32 Å². The van der Waals surface area contributed by atoms with Crippen LogP contribution in [0.1, 0.15) is 15.9 Å². The molecule has 0 aliphatic heterocycles. The molecule has 0 saturated heterocycles. The zero-order chi connectivity index (χ0) is 15.9. The minimum absolute atomic E-state index is 0.0207. The van der Waals surface area contributed by atoms with Crippen molar-refractivity contribution in [1.82, 2.24) is 0 Å². The molecule has 0 bridgehead atoms. The van der Waals surface area contributed by atoms with Gasteiger partial charge in [-0.15, -0.1) is 11.8 Å². The number of carbonyl (C=O) groups is 2. The Hall–Kier alpha value is -1.78. The summed E-state index contributed by atoms with van der Waals surface area (Å²) in [7, 11) is 0. The van der Waals surface area contributed by atoms with Gasteiger partial charge in [0.15, 0.2) is 5.78 Å². The fourth-order valence-electron chi connectivity index (χ4n) is 1.91. The van der Waals surface area contributed by atoms with Gasteiger partial charge in [0.05, 0.1) is 22.2 Å². The first-order valence-electron chi connectivity index (χ1n) is 6.79. The number of Topliss-reactive ketones (excluding diaryl/α,β-unsaturated/α-hetero) is 1. The second kappa shape index (κ2) is 8.01. The number of rotatable bonds is 6. The van der Waals surface area contributed by atoms with Gasteiger partial charge < -0.3 is 5.32 Å². The molecule has 0 fully saturated rings. The molecule has 2 aromatic rings. The normalized spacial score (nSPS) is 10.3. The Morgan fingerprint density at radius 3 is 2.45 bits per heavy atom. The number of hydrogen-bond acceptors (Lipinski definition) is 3. The highest BCUT2D eigenvalue weighted by Crippen LogP contribution is 2.25. The highest BCUT2D eigenvalue weighted by molar-refractivity contribution is 8.00. The number of para-hydroxylation sites is 1. The first-order valence-corrected chi connectivity index (χ1v) is 8.32. The molecule has 0 unspecified atom stereocenters. The van der Waals surface area contributed by atoms with Crippen molar-refractivity contribution < 1.29 is 9.59 Å². The maximum atomic E-state index is 11.9. The molecule has 0 spiro atoms. The van der Waals surface area contributed by atoms with Crippen molar-refractivity contribution in [2.75, 3.05) is 16.8 Å². The fourth-order valence-corrected chi connectivity index (χ4v) is 2.89. The highest BCUT2D eigenvalue weighted by Gasteiger charge is 2.10.